The van der Waals surface area contributed by atoms with Crippen molar-refractivity contribution in [2.24, 2.45) is 0 Å². The van der Waals surface area contributed by atoms with Gasteiger partial charge in [0, 0.05) is 30.8 Å². The average Bonchev–Trinajstić information content (AvgIpc) is 2.62. The van der Waals surface area contributed by atoms with Gasteiger partial charge < -0.3 is 10.1 Å². The van der Waals surface area contributed by atoms with Crippen molar-refractivity contribution in [3.8, 4) is 0 Å². The maximum absolute atomic E-state index is 5.71. The van der Waals surface area contributed by atoms with Crippen LogP contribution >= 0.6 is 0 Å². The average molecular weight is 252 g/mol. The lowest BCUT2D eigenvalue weighted by molar-refractivity contribution is -0.0412. The Morgan fingerprint density at radius 3 is 2.33 bits per heavy atom. The Balaban J connectivity index is 1.64. The quantitative estimate of drug-likeness (QED) is 0.833. The van der Waals surface area contributed by atoms with E-state index in [9.17, 15) is 0 Å². The highest BCUT2D eigenvalue weighted by Gasteiger charge is 2.44. The Labute approximate surface area is 111 Å². The molecule has 4 atom stereocenters. The Bertz CT molecular complexity index is 270. The molecule has 3 aliphatic heterocycles. The van der Waals surface area contributed by atoms with Gasteiger partial charge in [-0.2, -0.15) is 0 Å². The molecule has 0 spiro atoms. The van der Waals surface area contributed by atoms with Gasteiger partial charge in [-0.1, -0.05) is 6.92 Å². The molecule has 3 aliphatic rings. The number of ether oxygens (including phenoxy) is 1. The Morgan fingerprint density at radius 1 is 1.06 bits per heavy atom. The van der Waals surface area contributed by atoms with Crippen LogP contribution in [0.15, 0.2) is 0 Å². The molecule has 2 bridgehead atoms. The van der Waals surface area contributed by atoms with E-state index < -0.39 is 0 Å². The number of fused-ring (bicyclic) bond motifs is 2. The van der Waals surface area contributed by atoms with E-state index in [1.165, 1.54) is 38.5 Å². The predicted molar refractivity (Wildman–Crippen MR) is 73.8 cm³/mol. The van der Waals surface area contributed by atoms with Gasteiger partial charge in [0.25, 0.3) is 0 Å². The van der Waals surface area contributed by atoms with Crippen molar-refractivity contribution in [2.45, 2.75) is 82.6 Å². The highest BCUT2D eigenvalue weighted by atomic mass is 16.5. The molecule has 3 rings (SSSR count). The van der Waals surface area contributed by atoms with E-state index in [0.717, 1.165) is 37.3 Å². The van der Waals surface area contributed by atoms with Crippen molar-refractivity contribution in [1.29, 1.82) is 0 Å². The first kappa shape index (κ1) is 12.9. The predicted octanol–water partition coefficient (Wildman–Crippen LogP) is 2.16. The molecule has 0 aromatic heterocycles. The van der Waals surface area contributed by atoms with E-state index >= 15 is 0 Å². The molecular formula is C15H28N2O. The summed E-state index contributed by atoms with van der Waals surface area (Å²) in [6.45, 7) is 6.56. The summed E-state index contributed by atoms with van der Waals surface area (Å²) < 4.78 is 5.71. The summed E-state index contributed by atoms with van der Waals surface area (Å²) in [5.41, 5.74) is 0. The van der Waals surface area contributed by atoms with Crippen molar-refractivity contribution < 1.29 is 4.74 Å². The molecule has 3 saturated heterocycles. The molecule has 18 heavy (non-hydrogen) atoms. The fourth-order valence-electron chi connectivity index (χ4n) is 4.51. The molecule has 3 nitrogen and oxygen atoms in total. The number of rotatable bonds is 3. The van der Waals surface area contributed by atoms with E-state index in [4.69, 9.17) is 4.74 Å². The zero-order chi connectivity index (χ0) is 12.5. The van der Waals surface area contributed by atoms with Crippen molar-refractivity contribution >= 4 is 0 Å². The fraction of sp³-hybridized carbons (Fsp3) is 1.00. The van der Waals surface area contributed by atoms with Gasteiger partial charge in [0.1, 0.15) is 0 Å². The molecular weight excluding hydrogens is 224 g/mol. The molecule has 0 saturated carbocycles. The van der Waals surface area contributed by atoms with Crippen LogP contribution < -0.4 is 5.32 Å². The molecule has 4 unspecified atom stereocenters. The van der Waals surface area contributed by atoms with Crippen LogP contribution in [0.2, 0.25) is 0 Å². The maximum atomic E-state index is 5.71. The lowest BCUT2D eigenvalue weighted by atomic mass is 9.92. The molecule has 3 heteroatoms. The minimum Gasteiger partial charge on any atom is -0.378 e. The lowest BCUT2D eigenvalue weighted by Crippen LogP contribution is -2.54. The Morgan fingerprint density at radius 2 is 1.72 bits per heavy atom. The third-order valence-corrected chi connectivity index (χ3v) is 5.16. The molecule has 3 fully saturated rings. The number of piperidine rings is 1. The van der Waals surface area contributed by atoms with Gasteiger partial charge in [0.15, 0.2) is 0 Å². The summed E-state index contributed by atoms with van der Waals surface area (Å²) in [5.74, 6) is 0. The first-order valence-corrected chi connectivity index (χ1v) is 7.90. The summed E-state index contributed by atoms with van der Waals surface area (Å²) >= 11 is 0. The summed E-state index contributed by atoms with van der Waals surface area (Å²) in [6, 6.07) is 3.28. The minimum absolute atomic E-state index is 0.467. The smallest absolute Gasteiger partial charge is 0.0561 e. The number of hydrogen-bond donors (Lipinski definition) is 1. The summed E-state index contributed by atoms with van der Waals surface area (Å²) in [7, 11) is 0. The van der Waals surface area contributed by atoms with Crippen LogP contribution in [0.5, 0.6) is 0 Å². The molecule has 0 aromatic rings. The molecule has 3 heterocycles. The van der Waals surface area contributed by atoms with Crippen molar-refractivity contribution in [2.75, 3.05) is 13.2 Å². The normalized spacial score (nSPS) is 45.3. The summed E-state index contributed by atoms with van der Waals surface area (Å²) in [6.07, 6.45) is 8.57. The summed E-state index contributed by atoms with van der Waals surface area (Å²) in [4.78, 5) is 2.88. The van der Waals surface area contributed by atoms with Crippen molar-refractivity contribution in [1.82, 2.24) is 10.2 Å². The monoisotopic (exact) mass is 252 g/mol. The van der Waals surface area contributed by atoms with E-state index in [-0.39, 0.29) is 0 Å². The fourth-order valence-corrected chi connectivity index (χ4v) is 4.51. The van der Waals surface area contributed by atoms with E-state index in [1.807, 2.05) is 0 Å². The first-order chi connectivity index (χ1) is 8.78. The third-order valence-electron chi connectivity index (χ3n) is 5.16. The SMILES string of the molecule is CCNC1CC2CCC(C1)N2C1CCOC(C)C1. The van der Waals surface area contributed by atoms with E-state index in [0.29, 0.717) is 6.10 Å². The highest BCUT2D eigenvalue weighted by molar-refractivity contribution is 5.00. The van der Waals surface area contributed by atoms with Crippen LogP contribution in [0.4, 0.5) is 0 Å². The number of nitrogens with zero attached hydrogens (tertiary/aromatic N) is 1. The second kappa shape index (κ2) is 5.48. The molecule has 0 radical (unpaired) electrons. The van der Waals surface area contributed by atoms with Crippen molar-refractivity contribution in [3.05, 3.63) is 0 Å². The van der Waals surface area contributed by atoms with E-state index in [1.54, 1.807) is 0 Å². The molecule has 0 amide bonds. The standard InChI is InChI=1S/C15H28N2O/c1-3-16-12-9-13-4-5-14(10-12)17(13)15-6-7-18-11(2)8-15/h11-16H,3-10H2,1-2H3. The van der Waals surface area contributed by atoms with Crippen LogP contribution in [-0.4, -0.2) is 48.3 Å². The molecule has 1 N–H and O–H groups in total. The van der Waals surface area contributed by atoms with Gasteiger partial charge in [-0.25, -0.2) is 0 Å². The highest BCUT2D eigenvalue weighted by Crippen LogP contribution is 2.39. The topological polar surface area (TPSA) is 24.5 Å². The van der Waals surface area contributed by atoms with Crippen molar-refractivity contribution in [3.63, 3.8) is 0 Å². The van der Waals surface area contributed by atoms with Gasteiger partial charge in [0.2, 0.25) is 0 Å². The maximum Gasteiger partial charge on any atom is 0.0561 e. The van der Waals surface area contributed by atoms with Gasteiger partial charge >= 0.3 is 0 Å². The van der Waals surface area contributed by atoms with Crippen LogP contribution in [0.1, 0.15) is 52.4 Å². The van der Waals surface area contributed by atoms with Gasteiger partial charge in [-0.3, -0.25) is 4.90 Å². The summed E-state index contributed by atoms with van der Waals surface area (Å²) in [5, 5.41) is 3.67. The zero-order valence-electron chi connectivity index (χ0n) is 11.9. The lowest BCUT2D eigenvalue weighted by Gasteiger charge is -2.46. The van der Waals surface area contributed by atoms with Gasteiger partial charge in [-0.05, 0) is 52.0 Å². The second-order valence-corrected chi connectivity index (χ2v) is 6.42. The van der Waals surface area contributed by atoms with Gasteiger partial charge in [0.05, 0.1) is 6.10 Å². The first-order valence-electron chi connectivity index (χ1n) is 7.90. The number of nitrogens with one attached hydrogen (secondary N) is 1. The van der Waals surface area contributed by atoms with Gasteiger partial charge in [-0.15, -0.1) is 0 Å². The minimum atomic E-state index is 0.467. The zero-order valence-corrected chi connectivity index (χ0v) is 11.9. The largest absolute Gasteiger partial charge is 0.378 e. The van der Waals surface area contributed by atoms with Crippen LogP contribution in [0.3, 0.4) is 0 Å². The van der Waals surface area contributed by atoms with Crippen LogP contribution in [0.25, 0.3) is 0 Å². The van der Waals surface area contributed by atoms with Crippen LogP contribution in [-0.2, 0) is 4.74 Å². The van der Waals surface area contributed by atoms with E-state index in [2.05, 4.69) is 24.1 Å². The molecule has 0 aromatic carbocycles. The third kappa shape index (κ3) is 2.45. The van der Waals surface area contributed by atoms with Crippen LogP contribution in [0, 0.1) is 0 Å². The Hall–Kier alpha value is -0.120. The second-order valence-electron chi connectivity index (χ2n) is 6.42. The Kier molecular flexibility index (Phi) is 3.92. The molecule has 0 aliphatic carbocycles. The number of hydrogen-bond acceptors (Lipinski definition) is 3. The molecule has 104 valence electrons.